The maximum absolute atomic E-state index is 13.6. The molecule has 0 spiro atoms. The number of fused-ring (bicyclic) bond motifs is 5. The summed E-state index contributed by atoms with van der Waals surface area (Å²) in [5.41, 5.74) is 4.01. The van der Waals surface area contributed by atoms with Crippen LogP contribution in [0.3, 0.4) is 0 Å². The third-order valence-corrected chi connectivity index (χ3v) is 7.52. The first-order valence-corrected chi connectivity index (χ1v) is 13.2. The standard InChI is InChI=1S/C33H28O6/c1-2-17-33(31(34)35,39-23-15-16-30-22(19-23)18-21-9-3-8-14-29(21)38-30)32(36)37-20-28-26-12-6-4-10-24(26)25-11-5-7-13-27(25)28/h3-16,19,28H,2,17-18,20H2,1H3,(H,34,35). The summed E-state index contributed by atoms with van der Waals surface area (Å²) in [5.74, 6) is -0.711. The smallest absolute Gasteiger partial charge is 0.362 e. The summed E-state index contributed by atoms with van der Waals surface area (Å²) in [6, 6.07) is 28.9. The molecule has 4 aromatic carbocycles. The van der Waals surface area contributed by atoms with Crippen molar-refractivity contribution >= 4 is 11.9 Å². The average molecular weight is 521 g/mol. The topological polar surface area (TPSA) is 82.1 Å². The van der Waals surface area contributed by atoms with Crippen molar-refractivity contribution in [3.05, 3.63) is 113 Å². The van der Waals surface area contributed by atoms with Crippen molar-refractivity contribution in [2.45, 2.75) is 37.7 Å². The normalized spacial score (nSPS) is 14.6. The van der Waals surface area contributed by atoms with Crippen LogP contribution >= 0.6 is 0 Å². The summed E-state index contributed by atoms with van der Waals surface area (Å²) >= 11 is 0. The van der Waals surface area contributed by atoms with Crippen LogP contribution in [0.4, 0.5) is 0 Å². The zero-order valence-corrected chi connectivity index (χ0v) is 21.6. The fraction of sp³-hybridized carbons (Fsp3) is 0.212. The van der Waals surface area contributed by atoms with Crippen LogP contribution in [0.5, 0.6) is 17.2 Å². The second-order valence-corrected chi connectivity index (χ2v) is 9.97. The van der Waals surface area contributed by atoms with E-state index in [2.05, 4.69) is 12.1 Å². The van der Waals surface area contributed by atoms with Gasteiger partial charge in [0.2, 0.25) is 0 Å². The molecule has 1 aliphatic heterocycles. The number of carboxylic acid groups (broad SMARTS) is 1. The predicted molar refractivity (Wildman–Crippen MR) is 146 cm³/mol. The van der Waals surface area contributed by atoms with Crippen molar-refractivity contribution in [3.63, 3.8) is 0 Å². The van der Waals surface area contributed by atoms with E-state index in [4.69, 9.17) is 14.2 Å². The van der Waals surface area contributed by atoms with E-state index < -0.39 is 17.5 Å². The third-order valence-electron chi connectivity index (χ3n) is 7.52. The number of hydrogen-bond acceptors (Lipinski definition) is 5. The number of carbonyl (C=O) groups excluding carboxylic acids is 1. The van der Waals surface area contributed by atoms with Crippen LogP contribution in [0.25, 0.3) is 11.1 Å². The molecule has 0 fully saturated rings. The number of rotatable bonds is 8. The van der Waals surface area contributed by atoms with Gasteiger partial charge >= 0.3 is 17.5 Å². The second kappa shape index (κ2) is 9.95. The molecule has 0 aromatic heterocycles. The molecule has 1 heterocycles. The van der Waals surface area contributed by atoms with Crippen molar-refractivity contribution in [1.82, 2.24) is 0 Å². The lowest BCUT2D eigenvalue weighted by molar-refractivity contribution is -0.177. The van der Waals surface area contributed by atoms with Crippen LogP contribution in [0.2, 0.25) is 0 Å². The molecular weight excluding hydrogens is 492 g/mol. The van der Waals surface area contributed by atoms with E-state index in [0.717, 1.165) is 39.1 Å². The van der Waals surface area contributed by atoms with Crippen LogP contribution in [-0.4, -0.2) is 29.3 Å². The van der Waals surface area contributed by atoms with Gasteiger partial charge in [-0.1, -0.05) is 80.1 Å². The molecule has 6 nitrogen and oxygen atoms in total. The first kappa shape index (κ1) is 24.7. The van der Waals surface area contributed by atoms with Gasteiger partial charge in [0.05, 0.1) is 0 Å². The van der Waals surface area contributed by atoms with Crippen molar-refractivity contribution in [2.75, 3.05) is 6.61 Å². The maximum Gasteiger partial charge on any atom is 0.362 e. The quantitative estimate of drug-likeness (QED) is 0.180. The molecule has 0 radical (unpaired) electrons. The molecule has 1 unspecified atom stereocenters. The Kier molecular flexibility index (Phi) is 6.31. The van der Waals surface area contributed by atoms with Gasteiger partial charge in [-0.2, -0.15) is 0 Å². The second-order valence-electron chi connectivity index (χ2n) is 9.97. The van der Waals surface area contributed by atoms with E-state index in [1.54, 1.807) is 18.2 Å². The van der Waals surface area contributed by atoms with E-state index in [0.29, 0.717) is 18.6 Å². The SMILES string of the molecule is CCCC(Oc1ccc2c(c1)Cc1ccccc1O2)(C(=O)O)C(=O)OCC1c2ccccc2-c2ccccc21. The Hall–Kier alpha value is -4.58. The van der Waals surface area contributed by atoms with E-state index >= 15 is 0 Å². The average Bonchev–Trinajstić information content (AvgIpc) is 3.28. The lowest BCUT2D eigenvalue weighted by Gasteiger charge is -2.29. The molecule has 0 saturated heterocycles. The van der Waals surface area contributed by atoms with Crippen LogP contribution in [0, 0.1) is 0 Å². The highest BCUT2D eigenvalue weighted by molar-refractivity contribution is 6.03. The lowest BCUT2D eigenvalue weighted by Crippen LogP contribution is -2.53. The minimum Gasteiger partial charge on any atom is -0.478 e. The van der Waals surface area contributed by atoms with Gasteiger partial charge in [0.25, 0.3) is 0 Å². The van der Waals surface area contributed by atoms with Crippen LogP contribution in [-0.2, 0) is 20.7 Å². The Labute approximate surface area is 226 Å². The summed E-state index contributed by atoms with van der Waals surface area (Å²) in [5, 5.41) is 10.3. The number of carbonyl (C=O) groups is 2. The van der Waals surface area contributed by atoms with Crippen molar-refractivity contribution in [2.24, 2.45) is 0 Å². The fourth-order valence-electron chi connectivity index (χ4n) is 5.63. The Morgan fingerprint density at radius 2 is 1.51 bits per heavy atom. The molecule has 2 aliphatic rings. The van der Waals surface area contributed by atoms with Gasteiger partial charge < -0.3 is 19.3 Å². The van der Waals surface area contributed by atoms with Gasteiger partial charge in [-0.15, -0.1) is 0 Å². The largest absolute Gasteiger partial charge is 0.478 e. The maximum atomic E-state index is 13.6. The fourth-order valence-corrected chi connectivity index (χ4v) is 5.63. The molecular formula is C33H28O6. The van der Waals surface area contributed by atoms with E-state index in [1.807, 2.05) is 67.6 Å². The lowest BCUT2D eigenvalue weighted by atomic mass is 9.96. The minimum atomic E-state index is -2.17. The minimum absolute atomic E-state index is 0.0176. The first-order chi connectivity index (χ1) is 19.0. The Bertz CT molecular complexity index is 1530. The van der Waals surface area contributed by atoms with Crippen LogP contribution in [0.1, 0.15) is 47.9 Å². The molecule has 0 bridgehead atoms. The first-order valence-electron chi connectivity index (χ1n) is 13.2. The number of ether oxygens (including phenoxy) is 3. The van der Waals surface area contributed by atoms with Crippen molar-refractivity contribution in [1.29, 1.82) is 0 Å². The highest BCUT2D eigenvalue weighted by atomic mass is 16.6. The molecule has 1 aliphatic carbocycles. The van der Waals surface area contributed by atoms with E-state index in [1.165, 1.54) is 0 Å². The van der Waals surface area contributed by atoms with Gasteiger partial charge in [-0.3, -0.25) is 0 Å². The molecule has 0 saturated carbocycles. The number of benzene rings is 4. The van der Waals surface area contributed by atoms with Gasteiger partial charge in [0.1, 0.15) is 23.9 Å². The van der Waals surface area contributed by atoms with Crippen LogP contribution < -0.4 is 9.47 Å². The highest BCUT2D eigenvalue weighted by Gasteiger charge is 2.50. The zero-order chi connectivity index (χ0) is 27.0. The number of aliphatic carboxylic acids is 1. The predicted octanol–water partition coefficient (Wildman–Crippen LogP) is 6.74. The number of hydrogen-bond donors (Lipinski definition) is 1. The molecule has 1 N–H and O–H groups in total. The highest BCUT2D eigenvalue weighted by Crippen LogP contribution is 2.45. The van der Waals surface area contributed by atoms with E-state index in [-0.39, 0.29) is 24.7 Å². The van der Waals surface area contributed by atoms with E-state index in [9.17, 15) is 14.7 Å². The van der Waals surface area contributed by atoms with Gasteiger partial charge in [-0.05, 0) is 52.1 Å². The Morgan fingerprint density at radius 3 is 2.21 bits per heavy atom. The molecule has 4 aromatic rings. The Balaban J connectivity index is 1.26. The zero-order valence-electron chi connectivity index (χ0n) is 21.6. The Morgan fingerprint density at radius 1 is 0.872 bits per heavy atom. The number of esters is 1. The molecule has 0 amide bonds. The molecule has 6 rings (SSSR count). The van der Waals surface area contributed by atoms with Crippen LogP contribution in [0.15, 0.2) is 91.0 Å². The molecule has 1 atom stereocenters. The number of para-hydroxylation sites is 1. The van der Waals surface area contributed by atoms with Gasteiger partial charge in [0.15, 0.2) is 0 Å². The van der Waals surface area contributed by atoms with Gasteiger partial charge in [0, 0.05) is 24.3 Å². The monoisotopic (exact) mass is 520 g/mol. The summed E-state index contributed by atoms with van der Waals surface area (Å²) in [6.45, 7) is 1.83. The van der Waals surface area contributed by atoms with Crippen molar-refractivity contribution in [3.8, 4) is 28.4 Å². The molecule has 6 heteroatoms. The molecule has 39 heavy (non-hydrogen) atoms. The molecule has 196 valence electrons. The summed E-state index contributed by atoms with van der Waals surface area (Å²) < 4.78 is 17.8. The summed E-state index contributed by atoms with van der Waals surface area (Å²) in [6.07, 6.45) is 0.995. The number of carboxylic acids is 1. The summed E-state index contributed by atoms with van der Waals surface area (Å²) in [7, 11) is 0. The van der Waals surface area contributed by atoms with Crippen molar-refractivity contribution < 1.29 is 28.9 Å². The van der Waals surface area contributed by atoms with Gasteiger partial charge in [-0.25, -0.2) is 9.59 Å². The third kappa shape index (κ3) is 4.32. The summed E-state index contributed by atoms with van der Waals surface area (Å²) in [4.78, 5) is 26.2.